The molecule has 0 N–H and O–H groups in total. The van der Waals surface area contributed by atoms with Crippen molar-refractivity contribution in [2.24, 2.45) is 0 Å². The molecule has 0 amide bonds. The third kappa shape index (κ3) is 3.67. The summed E-state index contributed by atoms with van der Waals surface area (Å²) in [5.41, 5.74) is 1.42. The Kier molecular flexibility index (Phi) is 4.61. The van der Waals surface area contributed by atoms with Gasteiger partial charge in [-0.3, -0.25) is 0 Å². The molecule has 1 aliphatic heterocycles. The van der Waals surface area contributed by atoms with E-state index in [0.717, 1.165) is 18.7 Å². The van der Waals surface area contributed by atoms with Gasteiger partial charge in [0, 0.05) is 6.04 Å². The Morgan fingerprint density at radius 3 is 2.43 bits per heavy atom. The molecule has 3 heteroatoms. The third-order valence-electron chi connectivity index (χ3n) is 4.25. The van der Waals surface area contributed by atoms with Gasteiger partial charge in [-0.2, -0.15) is 0 Å². The molecule has 0 radical (unpaired) electrons. The predicted octanol–water partition coefficient (Wildman–Crippen LogP) is 3.89. The van der Waals surface area contributed by atoms with Crippen molar-refractivity contribution in [2.45, 2.75) is 32.1 Å². The van der Waals surface area contributed by atoms with Gasteiger partial charge in [-0.1, -0.05) is 48.5 Å². The molecular formula is C18H22BNO. The number of rotatable bonds is 5. The number of benzene rings is 2. The highest BCUT2D eigenvalue weighted by Gasteiger charge is 2.32. The van der Waals surface area contributed by atoms with Gasteiger partial charge in [-0.05, 0) is 50.3 Å². The summed E-state index contributed by atoms with van der Waals surface area (Å²) in [6.07, 6.45) is 3.64. The molecule has 108 valence electrons. The van der Waals surface area contributed by atoms with Crippen LogP contribution in [-0.4, -0.2) is 24.4 Å². The average molecular weight is 279 g/mol. The molecule has 1 atom stereocenters. The van der Waals surface area contributed by atoms with E-state index in [-0.39, 0.29) is 7.05 Å². The molecule has 0 aromatic heterocycles. The van der Waals surface area contributed by atoms with E-state index < -0.39 is 0 Å². The van der Waals surface area contributed by atoms with Crippen LogP contribution in [-0.2, 0) is 6.42 Å². The first-order valence-electron chi connectivity index (χ1n) is 7.84. The lowest BCUT2D eigenvalue weighted by Gasteiger charge is -2.28. The summed E-state index contributed by atoms with van der Waals surface area (Å²) >= 11 is 0. The Morgan fingerprint density at radius 2 is 1.71 bits per heavy atom. The Bertz CT molecular complexity index is 546. The maximum absolute atomic E-state index is 6.09. The Morgan fingerprint density at radius 1 is 1.05 bits per heavy atom. The van der Waals surface area contributed by atoms with Crippen molar-refractivity contribution in [3.05, 3.63) is 66.2 Å². The highest BCUT2D eigenvalue weighted by atomic mass is 16.4. The number of para-hydroxylation sites is 1. The van der Waals surface area contributed by atoms with Gasteiger partial charge >= 0.3 is 7.05 Å². The molecule has 3 rings (SSSR count). The summed E-state index contributed by atoms with van der Waals surface area (Å²) in [4.78, 5) is 2.50. The van der Waals surface area contributed by atoms with Crippen molar-refractivity contribution in [1.29, 1.82) is 0 Å². The standard InChI is InChI=1S/C18H22BNO/c1-19(21-18-12-6-3-7-13-18)20-14-8-11-17(20)15-16-9-4-2-5-10-16/h2-7,9-10,12-13,17H,8,11,14-15H2,1H3/t17-/m1/s1. The van der Waals surface area contributed by atoms with Gasteiger partial charge in [0.1, 0.15) is 0 Å². The molecule has 1 heterocycles. The van der Waals surface area contributed by atoms with Crippen molar-refractivity contribution in [3.63, 3.8) is 0 Å². The van der Waals surface area contributed by atoms with E-state index in [2.05, 4.69) is 42.0 Å². The van der Waals surface area contributed by atoms with E-state index in [1.165, 1.54) is 18.4 Å². The molecule has 2 aromatic carbocycles. The largest absolute Gasteiger partial charge is 0.546 e. The molecule has 0 saturated carbocycles. The molecule has 0 unspecified atom stereocenters. The van der Waals surface area contributed by atoms with Gasteiger partial charge in [0.15, 0.2) is 0 Å². The Labute approximate surface area is 127 Å². The first-order valence-corrected chi connectivity index (χ1v) is 7.84. The van der Waals surface area contributed by atoms with E-state index in [1.54, 1.807) is 0 Å². The fraction of sp³-hybridized carbons (Fsp3) is 0.333. The minimum absolute atomic E-state index is 0.128. The van der Waals surface area contributed by atoms with E-state index >= 15 is 0 Å². The zero-order chi connectivity index (χ0) is 14.5. The fourth-order valence-corrected chi connectivity index (χ4v) is 3.21. The van der Waals surface area contributed by atoms with Crippen LogP contribution in [0.2, 0.25) is 6.82 Å². The van der Waals surface area contributed by atoms with Crippen molar-refractivity contribution in [1.82, 2.24) is 4.81 Å². The van der Waals surface area contributed by atoms with E-state index in [1.807, 2.05) is 30.3 Å². The molecule has 1 aliphatic rings. The normalized spacial score (nSPS) is 18.6. The van der Waals surface area contributed by atoms with Gasteiger partial charge in [0.2, 0.25) is 0 Å². The summed E-state index contributed by atoms with van der Waals surface area (Å²) in [5.74, 6) is 0.954. The zero-order valence-electron chi connectivity index (χ0n) is 12.6. The molecule has 0 spiro atoms. The van der Waals surface area contributed by atoms with Crippen LogP contribution in [0.5, 0.6) is 5.75 Å². The summed E-state index contributed by atoms with van der Waals surface area (Å²) in [6.45, 7) is 3.29. The van der Waals surface area contributed by atoms with Crippen LogP contribution in [0.4, 0.5) is 0 Å². The SMILES string of the molecule is CB(Oc1ccccc1)N1CCC[C@@H]1Cc1ccccc1. The molecule has 1 saturated heterocycles. The lowest BCUT2D eigenvalue weighted by molar-refractivity contribution is 0.348. The summed E-state index contributed by atoms with van der Waals surface area (Å²) < 4.78 is 6.09. The van der Waals surface area contributed by atoms with Crippen LogP contribution in [0.1, 0.15) is 18.4 Å². The van der Waals surface area contributed by atoms with E-state index in [0.29, 0.717) is 6.04 Å². The molecular weight excluding hydrogens is 257 g/mol. The molecule has 1 fully saturated rings. The highest BCUT2D eigenvalue weighted by molar-refractivity contribution is 6.48. The quantitative estimate of drug-likeness (QED) is 0.770. The van der Waals surface area contributed by atoms with Crippen LogP contribution in [0, 0.1) is 0 Å². The van der Waals surface area contributed by atoms with Crippen LogP contribution >= 0.6 is 0 Å². The fourth-order valence-electron chi connectivity index (χ4n) is 3.21. The van der Waals surface area contributed by atoms with Gasteiger partial charge in [-0.25, -0.2) is 0 Å². The molecule has 21 heavy (non-hydrogen) atoms. The topological polar surface area (TPSA) is 12.5 Å². The first kappa shape index (κ1) is 14.2. The smallest absolute Gasteiger partial charge is 0.445 e. The summed E-state index contributed by atoms with van der Waals surface area (Å²) in [5, 5.41) is 0. The van der Waals surface area contributed by atoms with Crippen molar-refractivity contribution in [2.75, 3.05) is 6.54 Å². The second kappa shape index (κ2) is 6.81. The van der Waals surface area contributed by atoms with Crippen LogP contribution in [0.15, 0.2) is 60.7 Å². The maximum atomic E-state index is 6.09. The van der Waals surface area contributed by atoms with Crippen LogP contribution in [0.3, 0.4) is 0 Å². The van der Waals surface area contributed by atoms with Crippen LogP contribution in [0.25, 0.3) is 0 Å². The number of hydrogen-bond acceptors (Lipinski definition) is 2. The molecule has 0 bridgehead atoms. The Balaban J connectivity index is 1.63. The molecule has 0 aliphatic carbocycles. The highest BCUT2D eigenvalue weighted by Crippen LogP contribution is 2.23. The third-order valence-corrected chi connectivity index (χ3v) is 4.25. The Hall–Kier alpha value is -1.74. The minimum Gasteiger partial charge on any atom is -0.546 e. The predicted molar refractivity (Wildman–Crippen MR) is 88.6 cm³/mol. The van der Waals surface area contributed by atoms with Gasteiger partial charge in [0.05, 0.1) is 5.75 Å². The van der Waals surface area contributed by atoms with Crippen molar-refractivity contribution >= 4 is 7.05 Å². The maximum Gasteiger partial charge on any atom is 0.445 e. The average Bonchev–Trinajstić information content (AvgIpc) is 2.97. The monoisotopic (exact) mass is 279 g/mol. The summed E-state index contributed by atoms with van der Waals surface area (Å²) in [6, 6.07) is 21.5. The second-order valence-corrected chi connectivity index (χ2v) is 5.75. The van der Waals surface area contributed by atoms with Gasteiger partial charge in [0.25, 0.3) is 0 Å². The van der Waals surface area contributed by atoms with Crippen LogP contribution < -0.4 is 4.65 Å². The van der Waals surface area contributed by atoms with Crippen molar-refractivity contribution in [3.8, 4) is 5.75 Å². The minimum atomic E-state index is 0.128. The first-order chi connectivity index (χ1) is 10.3. The van der Waals surface area contributed by atoms with E-state index in [9.17, 15) is 0 Å². The zero-order valence-corrected chi connectivity index (χ0v) is 12.6. The second-order valence-electron chi connectivity index (χ2n) is 5.75. The van der Waals surface area contributed by atoms with E-state index in [4.69, 9.17) is 4.65 Å². The number of nitrogens with zero attached hydrogens (tertiary/aromatic N) is 1. The lowest BCUT2D eigenvalue weighted by atomic mass is 9.82. The number of hydrogen-bond donors (Lipinski definition) is 0. The lowest BCUT2D eigenvalue weighted by Crippen LogP contribution is -2.45. The summed E-state index contributed by atoms with van der Waals surface area (Å²) in [7, 11) is 0.128. The van der Waals surface area contributed by atoms with Crippen molar-refractivity contribution < 1.29 is 4.65 Å². The van der Waals surface area contributed by atoms with Gasteiger partial charge in [-0.15, -0.1) is 0 Å². The van der Waals surface area contributed by atoms with Gasteiger partial charge < -0.3 is 9.47 Å². The molecule has 2 nitrogen and oxygen atoms in total. The molecule has 2 aromatic rings.